The van der Waals surface area contributed by atoms with Crippen LogP contribution in [0.4, 0.5) is 5.69 Å². The second kappa shape index (κ2) is 9.05. The molecule has 2 heterocycles. The maximum absolute atomic E-state index is 13.7. The molecule has 6 heteroatoms. The molecule has 0 spiro atoms. The van der Waals surface area contributed by atoms with E-state index < -0.39 is 0 Å². The first-order valence-corrected chi connectivity index (χ1v) is 11.7. The number of pyridine rings is 1. The second-order valence-corrected chi connectivity index (χ2v) is 9.10. The van der Waals surface area contributed by atoms with Gasteiger partial charge < -0.3 is 9.80 Å². The van der Waals surface area contributed by atoms with Crippen LogP contribution in [0, 0.1) is 6.92 Å². The van der Waals surface area contributed by atoms with Crippen LogP contribution in [0.5, 0.6) is 0 Å². The fraction of sp³-hybridized carbons (Fsp3) is 0.185. The minimum Gasteiger partial charge on any atom is -0.367 e. The van der Waals surface area contributed by atoms with Crippen molar-refractivity contribution in [3.8, 4) is 11.3 Å². The van der Waals surface area contributed by atoms with Gasteiger partial charge in [-0.2, -0.15) is 0 Å². The van der Waals surface area contributed by atoms with Crippen LogP contribution in [0.15, 0.2) is 72.8 Å². The molecule has 1 saturated heterocycles. The summed E-state index contributed by atoms with van der Waals surface area (Å²) in [5.41, 5.74) is 5.07. The number of anilines is 1. The first-order chi connectivity index (χ1) is 16.0. The molecule has 1 aliphatic heterocycles. The van der Waals surface area contributed by atoms with E-state index >= 15 is 0 Å². The van der Waals surface area contributed by atoms with Crippen LogP contribution >= 0.6 is 23.2 Å². The Bertz CT molecular complexity index is 1350. The number of amides is 1. The van der Waals surface area contributed by atoms with Gasteiger partial charge in [0.2, 0.25) is 0 Å². The molecule has 3 aromatic carbocycles. The predicted molar refractivity (Wildman–Crippen MR) is 136 cm³/mol. The average molecular weight is 476 g/mol. The number of para-hydroxylation sites is 1. The number of carbonyl (C=O) groups excluding carboxylic acids is 1. The van der Waals surface area contributed by atoms with Crippen molar-refractivity contribution in [3.63, 3.8) is 0 Å². The fourth-order valence-corrected chi connectivity index (χ4v) is 4.84. The lowest BCUT2D eigenvalue weighted by Crippen LogP contribution is -2.49. The van der Waals surface area contributed by atoms with Crippen LogP contribution < -0.4 is 4.90 Å². The van der Waals surface area contributed by atoms with Crippen LogP contribution in [0.25, 0.3) is 22.2 Å². The van der Waals surface area contributed by atoms with E-state index in [9.17, 15) is 4.79 Å². The van der Waals surface area contributed by atoms with Gasteiger partial charge >= 0.3 is 0 Å². The molecule has 4 aromatic rings. The molecule has 0 N–H and O–H groups in total. The van der Waals surface area contributed by atoms with Crippen molar-refractivity contribution in [3.05, 3.63) is 94.0 Å². The predicted octanol–water partition coefficient (Wildman–Crippen LogP) is 6.48. The summed E-state index contributed by atoms with van der Waals surface area (Å²) < 4.78 is 0. The number of hydrogen-bond donors (Lipinski definition) is 0. The van der Waals surface area contributed by atoms with Gasteiger partial charge in [0, 0.05) is 42.2 Å². The number of benzene rings is 3. The maximum atomic E-state index is 13.7. The highest BCUT2D eigenvalue weighted by Gasteiger charge is 2.25. The zero-order valence-electron chi connectivity index (χ0n) is 18.3. The summed E-state index contributed by atoms with van der Waals surface area (Å²) in [7, 11) is 0. The Morgan fingerprint density at radius 3 is 2.27 bits per heavy atom. The molecule has 0 bridgehead atoms. The molecule has 0 unspecified atom stereocenters. The van der Waals surface area contributed by atoms with Gasteiger partial charge in [-0.1, -0.05) is 65.2 Å². The first kappa shape index (κ1) is 21.7. The van der Waals surface area contributed by atoms with E-state index in [1.165, 1.54) is 0 Å². The minimum atomic E-state index is 0.0140. The van der Waals surface area contributed by atoms with Gasteiger partial charge in [-0.25, -0.2) is 4.98 Å². The molecule has 1 aromatic heterocycles. The Balaban J connectivity index is 1.49. The van der Waals surface area contributed by atoms with E-state index in [-0.39, 0.29) is 5.91 Å². The lowest BCUT2D eigenvalue weighted by atomic mass is 10.0. The normalized spacial score (nSPS) is 14.0. The molecular weight excluding hydrogens is 453 g/mol. The molecule has 0 radical (unpaired) electrons. The van der Waals surface area contributed by atoms with Crippen molar-refractivity contribution in [1.29, 1.82) is 0 Å². The molecular formula is C27H23Cl2N3O. The number of rotatable bonds is 3. The number of carbonyl (C=O) groups is 1. The lowest BCUT2D eigenvalue weighted by Gasteiger charge is -2.36. The van der Waals surface area contributed by atoms with Crippen LogP contribution in [-0.2, 0) is 0 Å². The highest BCUT2D eigenvalue weighted by Crippen LogP contribution is 2.31. The topological polar surface area (TPSA) is 36.4 Å². The van der Waals surface area contributed by atoms with Gasteiger partial charge in [-0.05, 0) is 43.3 Å². The third kappa shape index (κ3) is 4.29. The van der Waals surface area contributed by atoms with E-state index in [2.05, 4.69) is 4.90 Å². The van der Waals surface area contributed by atoms with Crippen molar-refractivity contribution in [2.75, 3.05) is 31.1 Å². The van der Waals surface area contributed by atoms with Gasteiger partial charge in [0.15, 0.2) is 0 Å². The van der Waals surface area contributed by atoms with Crippen LogP contribution in [-0.4, -0.2) is 42.0 Å². The average Bonchev–Trinajstić information content (AvgIpc) is 2.84. The highest BCUT2D eigenvalue weighted by molar-refractivity contribution is 6.33. The molecule has 33 heavy (non-hydrogen) atoms. The number of piperazine rings is 1. The smallest absolute Gasteiger partial charge is 0.254 e. The largest absolute Gasteiger partial charge is 0.367 e. The Labute approximate surface area is 203 Å². The number of fused-ring (bicyclic) bond motifs is 1. The number of aryl methyl sites for hydroxylation is 1. The fourth-order valence-electron chi connectivity index (χ4n) is 4.35. The molecule has 1 amide bonds. The number of hydrogen-bond acceptors (Lipinski definition) is 3. The van der Waals surface area contributed by atoms with E-state index in [1.54, 1.807) is 0 Å². The zero-order chi connectivity index (χ0) is 22.9. The van der Waals surface area contributed by atoms with Gasteiger partial charge in [-0.15, -0.1) is 0 Å². The number of nitrogens with zero attached hydrogens (tertiary/aromatic N) is 3. The van der Waals surface area contributed by atoms with Crippen molar-refractivity contribution < 1.29 is 4.79 Å². The van der Waals surface area contributed by atoms with E-state index in [0.717, 1.165) is 45.8 Å². The maximum Gasteiger partial charge on any atom is 0.254 e. The standard InChI is InChI=1S/C27H23Cl2N3O/c1-18-10-11-24-20(16-18)21(17-25(30-24)19-6-2-3-7-22(19)28)27(33)32-14-12-31(13-15-32)26-9-5-4-8-23(26)29/h2-11,16-17H,12-15H2,1H3. The first-order valence-electron chi connectivity index (χ1n) is 11.0. The molecule has 4 nitrogen and oxygen atoms in total. The summed E-state index contributed by atoms with van der Waals surface area (Å²) in [5, 5.41) is 2.21. The Morgan fingerprint density at radius 1 is 0.848 bits per heavy atom. The van der Waals surface area contributed by atoms with E-state index in [0.29, 0.717) is 29.4 Å². The summed E-state index contributed by atoms with van der Waals surface area (Å²) in [6, 6.07) is 23.3. The monoisotopic (exact) mass is 475 g/mol. The van der Waals surface area contributed by atoms with Crippen LogP contribution in [0.3, 0.4) is 0 Å². The molecule has 1 fully saturated rings. The Kier molecular flexibility index (Phi) is 5.96. The SMILES string of the molecule is Cc1ccc2nc(-c3ccccc3Cl)cc(C(=O)N3CCN(c4ccccc4Cl)CC3)c2c1. The third-order valence-corrected chi connectivity index (χ3v) is 6.75. The Hall–Kier alpha value is -3.08. The van der Waals surface area contributed by atoms with Gasteiger partial charge in [0.1, 0.15) is 0 Å². The van der Waals surface area contributed by atoms with Crippen molar-refractivity contribution >= 4 is 45.7 Å². The molecule has 0 saturated carbocycles. The summed E-state index contributed by atoms with van der Waals surface area (Å²) >= 11 is 12.8. The number of halogens is 2. The molecule has 166 valence electrons. The molecule has 5 rings (SSSR count). The van der Waals surface area contributed by atoms with Crippen molar-refractivity contribution in [2.45, 2.75) is 6.92 Å². The minimum absolute atomic E-state index is 0.0140. The Morgan fingerprint density at radius 2 is 1.55 bits per heavy atom. The quantitative estimate of drug-likeness (QED) is 0.340. The number of aromatic nitrogens is 1. The second-order valence-electron chi connectivity index (χ2n) is 8.29. The van der Waals surface area contributed by atoms with Gasteiger partial charge in [-0.3, -0.25) is 4.79 Å². The van der Waals surface area contributed by atoms with Crippen molar-refractivity contribution in [2.24, 2.45) is 0 Å². The van der Waals surface area contributed by atoms with Gasteiger partial charge in [0.05, 0.1) is 27.5 Å². The van der Waals surface area contributed by atoms with Gasteiger partial charge in [0.25, 0.3) is 5.91 Å². The summed E-state index contributed by atoms with van der Waals surface area (Å²) in [6.07, 6.45) is 0. The van der Waals surface area contributed by atoms with E-state index in [4.69, 9.17) is 28.2 Å². The van der Waals surface area contributed by atoms with Crippen LogP contribution in [0.2, 0.25) is 10.0 Å². The lowest BCUT2D eigenvalue weighted by molar-refractivity contribution is 0.0749. The molecule has 1 aliphatic rings. The highest BCUT2D eigenvalue weighted by atomic mass is 35.5. The summed E-state index contributed by atoms with van der Waals surface area (Å²) in [6.45, 7) is 4.74. The summed E-state index contributed by atoms with van der Waals surface area (Å²) in [4.78, 5) is 22.7. The zero-order valence-corrected chi connectivity index (χ0v) is 19.8. The third-order valence-electron chi connectivity index (χ3n) is 6.10. The van der Waals surface area contributed by atoms with Crippen LogP contribution in [0.1, 0.15) is 15.9 Å². The van der Waals surface area contributed by atoms with E-state index in [1.807, 2.05) is 84.6 Å². The molecule has 0 aliphatic carbocycles. The molecule has 0 atom stereocenters. The summed E-state index contributed by atoms with van der Waals surface area (Å²) in [5.74, 6) is 0.0140. The van der Waals surface area contributed by atoms with Crippen molar-refractivity contribution in [1.82, 2.24) is 9.88 Å².